The van der Waals surface area contributed by atoms with Gasteiger partial charge in [-0.15, -0.1) is 12.3 Å². The molecule has 0 radical (unpaired) electrons. The summed E-state index contributed by atoms with van der Waals surface area (Å²) in [4.78, 5) is 11.9. The lowest BCUT2D eigenvalue weighted by Crippen LogP contribution is -2.31. The van der Waals surface area contributed by atoms with Crippen molar-refractivity contribution in [2.45, 2.75) is 25.1 Å². The molecule has 7 heteroatoms. The summed E-state index contributed by atoms with van der Waals surface area (Å²) in [5, 5.41) is 20.9. The second-order valence-electron chi connectivity index (χ2n) is 4.48. The van der Waals surface area contributed by atoms with Gasteiger partial charge in [0.25, 0.3) is 0 Å². The lowest BCUT2D eigenvalue weighted by atomic mass is 9.99. The van der Waals surface area contributed by atoms with Crippen molar-refractivity contribution >= 4 is 11.6 Å². The quantitative estimate of drug-likeness (QED) is 0.821. The van der Waals surface area contributed by atoms with E-state index in [1.165, 1.54) is 0 Å². The van der Waals surface area contributed by atoms with E-state index in [2.05, 4.69) is 11.2 Å². The number of hydrogen-bond acceptors (Lipinski definition) is 3. The fourth-order valence-corrected chi connectivity index (χ4v) is 1.68. The number of carbonyl (C=O) groups is 1. The number of amides is 1. The van der Waals surface area contributed by atoms with Gasteiger partial charge < -0.3 is 10.4 Å². The molecule has 0 aliphatic rings. The van der Waals surface area contributed by atoms with Crippen LogP contribution in [-0.4, -0.2) is 17.1 Å². The van der Waals surface area contributed by atoms with E-state index in [1.807, 2.05) is 0 Å². The summed E-state index contributed by atoms with van der Waals surface area (Å²) in [5.41, 5.74) is -0.751. The van der Waals surface area contributed by atoms with Crippen LogP contribution in [-0.2, 0) is 11.0 Å². The van der Waals surface area contributed by atoms with E-state index in [0.29, 0.717) is 0 Å². The van der Waals surface area contributed by atoms with Crippen molar-refractivity contribution in [2.24, 2.45) is 5.92 Å². The third kappa shape index (κ3) is 4.80. The minimum atomic E-state index is -4.47. The van der Waals surface area contributed by atoms with E-state index in [9.17, 15) is 23.1 Å². The van der Waals surface area contributed by atoms with Gasteiger partial charge in [-0.1, -0.05) is 0 Å². The van der Waals surface area contributed by atoms with Crippen LogP contribution in [0.5, 0.6) is 0 Å². The third-order valence-corrected chi connectivity index (χ3v) is 2.87. The van der Waals surface area contributed by atoms with E-state index in [-0.39, 0.29) is 18.5 Å². The summed E-state index contributed by atoms with van der Waals surface area (Å²) in [6.45, 7) is 0. The number of benzene rings is 1. The molecular weight excluding hydrogens is 297 g/mol. The number of nitrogens with zero attached hydrogens (tertiary/aromatic N) is 1. The number of alkyl halides is 3. The van der Waals surface area contributed by atoms with Crippen molar-refractivity contribution in [3.63, 3.8) is 0 Å². The molecule has 2 atom stereocenters. The van der Waals surface area contributed by atoms with Gasteiger partial charge in [0, 0.05) is 12.1 Å². The fraction of sp³-hybridized carbons (Fsp3) is 0.333. The molecular formula is C15H13F3N2O2. The lowest BCUT2D eigenvalue weighted by molar-refractivity contribution is -0.137. The first kappa shape index (κ1) is 17.5. The Kier molecular flexibility index (Phi) is 5.97. The van der Waals surface area contributed by atoms with E-state index >= 15 is 0 Å². The van der Waals surface area contributed by atoms with Crippen molar-refractivity contribution in [2.75, 3.05) is 5.32 Å². The number of halogens is 3. The molecule has 116 valence electrons. The summed E-state index contributed by atoms with van der Waals surface area (Å²) < 4.78 is 37.2. The average molecular weight is 310 g/mol. The Hall–Kier alpha value is -2.51. The Bertz CT molecular complexity index is 597. The SMILES string of the molecule is C#CCCC(O)C(C#N)C(=O)Nc1ccc(C(F)(F)F)cc1. The molecule has 1 amide bonds. The molecule has 2 N–H and O–H groups in total. The smallest absolute Gasteiger partial charge is 0.391 e. The highest BCUT2D eigenvalue weighted by Crippen LogP contribution is 2.29. The van der Waals surface area contributed by atoms with Crippen molar-refractivity contribution in [1.82, 2.24) is 0 Å². The Balaban J connectivity index is 2.75. The van der Waals surface area contributed by atoms with E-state index < -0.39 is 29.7 Å². The van der Waals surface area contributed by atoms with Gasteiger partial charge in [0.05, 0.1) is 17.7 Å². The first-order valence-corrected chi connectivity index (χ1v) is 6.29. The van der Waals surface area contributed by atoms with Crippen LogP contribution >= 0.6 is 0 Å². The Morgan fingerprint density at radius 2 is 1.95 bits per heavy atom. The monoisotopic (exact) mass is 310 g/mol. The standard InChI is InChI=1S/C15H13F3N2O2/c1-2-3-4-13(21)12(9-19)14(22)20-11-7-5-10(6-8-11)15(16,17)18/h1,5-8,12-13,21H,3-4H2,(H,20,22). The van der Waals surface area contributed by atoms with Crippen molar-refractivity contribution in [1.29, 1.82) is 5.26 Å². The van der Waals surface area contributed by atoms with Crippen LogP contribution < -0.4 is 5.32 Å². The molecule has 0 saturated carbocycles. The number of anilines is 1. The van der Waals surface area contributed by atoms with Crippen LogP contribution in [0.3, 0.4) is 0 Å². The minimum absolute atomic E-state index is 0.0785. The van der Waals surface area contributed by atoms with Gasteiger partial charge >= 0.3 is 6.18 Å². The number of terminal acetylenes is 1. The number of hydrogen-bond donors (Lipinski definition) is 2. The van der Waals surface area contributed by atoms with Gasteiger partial charge in [-0.3, -0.25) is 4.79 Å². The van der Waals surface area contributed by atoms with Crippen molar-refractivity contribution < 1.29 is 23.1 Å². The summed E-state index contributed by atoms with van der Waals surface area (Å²) in [5.74, 6) is 0.128. The molecule has 2 unspecified atom stereocenters. The topological polar surface area (TPSA) is 73.1 Å². The van der Waals surface area contributed by atoms with Crippen LogP contribution in [0, 0.1) is 29.6 Å². The summed E-state index contributed by atoms with van der Waals surface area (Å²) in [7, 11) is 0. The number of aliphatic hydroxyl groups excluding tert-OH is 1. The maximum absolute atomic E-state index is 12.4. The van der Waals surface area contributed by atoms with E-state index in [1.54, 1.807) is 6.07 Å². The molecule has 0 spiro atoms. The molecule has 0 aromatic heterocycles. The molecule has 0 bridgehead atoms. The first-order chi connectivity index (χ1) is 10.3. The normalized spacial score (nSPS) is 13.5. The van der Waals surface area contributed by atoms with Gasteiger partial charge in [-0.25, -0.2) is 0 Å². The van der Waals surface area contributed by atoms with Gasteiger partial charge in [-0.2, -0.15) is 18.4 Å². The highest BCUT2D eigenvalue weighted by molar-refractivity contribution is 5.94. The first-order valence-electron chi connectivity index (χ1n) is 6.29. The van der Waals surface area contributed by atoms with Gasteiger partial charge in [0.1, 0.15) is 0 Å². The number of aliphatic hydroxyl groups is 1. The fourth-order valence-electron chi connectivity index (χ4n) is 1.68. The Labute approximate surface area is 125 Å². The molecule has 22 heavy (non-hydrogen) atoms. The van der Waals surface area contributed by atoms with Gasteiger partial charge in [-0.05, 0) is 30.7 Å². The molecule has 0 saturated heterocycles. The molecule has 1 aromatic rings. The van der Waals surface area contributed by atoms with Crippen LogP contribution in [0.1, 0.15) is 18.4 Å². The average Bonchev–Trinajstić information content (AvgIpc) is 2.45. The number of carbonyl (C=O) groups excluding carboxylic acids is 1. The molecule has 0 aliphatic heterocycles. The maximum Gasteiger partial charge on any atom is 0.416 e. The van der Waals surface area contributed by atoms with E-state index in [0.717, 1.165) is 24.3 Å². The second-order valence-corrected chi connectivity index (χ2v) is 4.48. The molecule has 0 fully saturated rings. The van der Waals surface area contributed by atoms with Gasteiger partial charge in [0.15, 0.2) is 5.92 Å². The highest BCUT2D eigenvalue weighted by atomic mass is 19.4. The van der Waals surface area contributed by atoms with Crippen molar-refractivity contribution in [3.05, 3.63) is 29.8 Å². The molecule has 4 nitrogen and oxygen atoms in total. The lowest BCUT2D eigenvalue weighted by Gasteiger charge is -2.15. The molecule has 0 aliphatic carbocycles. The van der Waals surface area contributed by atoms with Crippen LogP contribution in [0.2, 0.25) is 0 Å². The van der Waals surface area contributed by atoms with Crippen molar-refractivity contribution in [3.8, 4) is 18.4 Å². The predicted octanol–water partition coefficient (Wildman–Crippen LogP) is 2.56. The van der Waals surface area contributed by atoms with Crippen LogP contribution in [0.25, 0.3) is 0 Å². The second kappa shape index (κ2) is 7.48. The zero-order chi connectivity index (χ0) is 16.8. The number of nitrogens with one attached hydrogen (secondary N) is 1. The van der Waals surface area contributed by atoms with Crippen LogP contribution in [0.4, 0.5) is 18.9 Å². The predicted molar refractivity (Wildman–Crippen MR) is 73.3 cm³/mol. The zero-order valence-electron chi connectivity index (χ0n) is 11.4. The highest BCUT2D eigenvalue weighted by Gasteiger charge is 2.30. The summed E-state index contributed by atoms with van der Waals surface area (Å²) >= 11 is 0. The van der Waals surface area contributed by atoms with Gasteiger partial charge in [0.2, 0.25) is 5.91 Å². The third-order valence-electron chi connectivity index (χ3n) is 2.87. The molecule has 0 heterocycles. The largest absolute Gasteiger partial charge is 0.416 e. The van der Waals surface area contributed by atoms with Crippen LogP contribution in [0.15, 0.2) is 24.3 Å². The Morgan fingerprint density at radius 1 is 1.36 bits per heavy atom. The van der Waals surface area contributed by atoms with E-state index in [4.69, 9.17) is 11.7 Å². The minimum Gasteiger partial charge on any atom is -0.391 e. The Morgan fingerprint density at radius 3 is 2.41 bits per heavy atom. The summed E-state index contributed by atoms with van der Waals surface area (Å²) in [6.07, 6.45) is -0.399. The molecule has 1 rings (SSSR count). The zero-order valence-corrected chi connectivity index (χ0v) is 11.4. The number of rotatable bonds is 5. The number of nitriles is 1. The maximum atomic E-state index is 12.4. The summed E-state index contributed by atoms with van der Waals surface area (Å²) in [6, 6.07) is 5.42. The molecule has 1 aromatic carbocycles.